The minimum atomic E-state index is -0.296. The number of halogens is 1. The molecular formula is C20H15BrN4O3. The van der Waals surface area contributed by atoms with E-state index in [2.05, 4.69) is 36.4 Å². The summed E-state index contributed by atoms with van der Waals surface area (Å²) in [6.45, 7) is 1.71. The van der Waals surface area contributed by atoms with Crippen LogP contribution in [0.5, 0.6) is 5.88 Å². The molecule has 0 aliphatic rings. The zero-order valence-electron chi connectivity index (χ0n) is 14.8. The highest BCUT2D eigenvalue weighted by molar-refractivity contribution is 9.10. The molecule has 4 rings (SSSR count). The lowest BCUT2D eigenvalue weighted by Crippen LogP contribution is -2.21. The van der Waals surface area contributed by atoms with Crippen molar-refractivity contribution in [2.45, 2.75) is 6.92 Å². The van der Waals surface area contributed by atoms with Crippen molar-refractivity contribution in [3.8, 4) is 17.1 Å². The van der Waals surface area contributed by atoms with Gasteiger partial charge in [-0.2, -0.15) is 4.98 Å². The molecule has 0 unspecified atom stereocenters. The van der Waals surface area contributed by atoms with Crippen LogP contribution in [0.15, 0.2) is 63.9 Å². The molecule has 0 bridgehead atoms. The number of rotatable bonds is 5. The Balaban J connectivity index is 1.55. The number of carbonyl (C=O) groups excluding carboxylic acids is 1. The van der Waals surface area contributed by atoms with Gasteiger partial charge < -0.3 is 14.6 Å². The molecule has 0 spiro atoms. The molecule has 140 valence electrons. The Morgan fingerprint density at radius 2 is 2.00 bits per heavy atom. The lowest BCUT2D eigenvalue weighted by Gasteiger charge is -2.10. The standard InChI is InChI=1S/C20H15BrN4O3/c1-12-9-14(21)7-8-15(12)24-16(26)10-27-19-17-18(13-5-3-2-4-6-13)25-28-20(17)23-11-22-19/h2-9,11H,10H2,1H3,(H,24,26). The van der Waals surface area contributed by atoms with E-state index in [9.17, 15) is 4.79 Å². The first-order valence-corrected chi connectivity index (χ1v) is 9.26. The predicted octanol–water partition coefficient (Wildman–Crippen LogP) is 4.37. The van der Waals surface area contributed by atoms with Crippen LogP contribution < -0.4 is 10.1 Å². The van der Waals surface area contributed by atoms with Crippen LogP contribution >= 0.6 is 15.9 Å². The summed E-state index contributed by atoms with van der Waals surface area (Å²) in [5, 5.41) is 7.44. The van der Waals surface area contributed by atoms with Gasteiger partial charge in [0.05, 0.1) is 0 Å². The molecule has 0 radical (unpaired) electrons. The largest absolute Gasteiger partial charge is 0.467 e. The van der Waals surface area contributed by atoms with Crippen molar-refractivity contribution in [1.29, 1.82) is 0 Å². The van der Waals surface area contributed by atoms with Gasteiger partial charge in [0.2, 0.25) is 5.88 Å². The van der Waals surface area contributed by atoms with Crippen molar-refractivity contribution in [3.63, 3.8) is 0 Å². The van der Waals surface area contributed by atoms with Crippen molar-refractivity contribution < 1.29 is 14.1 Å². The Labute approximate surface area is 168 Å². The second kappa shape index (κ2) is 7.77. The summed E-state index contributed by atoms with van der Waals surface area (Å²) in [6.07, 6.45) is 1.31. The number of nitrogens with one attached hydrogen (secondary N) is 1. The highest BCUT2D eigenvalue weighted by Gasteiger charge is 2.18. The number of benzene rings is 2. The average molecular weight is 439 g/mol. The average Bonchev–Trinajstić information content (AvgIpc) is 3.14. The molecule has 2 heterocycles. The second-order valence-corrected chi connectivity index (χ2v) is 6.97. The Kier molecular flexibility index (Phi) is 5.03. The molecule has 0 saturated carbocycles. The van der Waals surface area contributed by atoms with Crippen molar-refractivity contribution >= 4 is 38.6 Å². The summed E-state index contributed by atoms with van der Waals surface area (Å²) < 4.78 is 11.9. The number of nitrogens with zero attached hydrogens (tertiary/aromatic N) is 3. The molecule has 28 heavy (non-hydrogen) atoms. The maximum atomic E-state index is 12.3. The van der Waals surface area contributed by atoms with Crippen molar-refractivity contribution in [3.05, 3.63) is 64.9 Å². The first kappa shape index (κ1) is 18.1. The van der Waals surface area contributed by atoms with Gasteiger partial charge in [-0.3, -0.25) is 4.79 Å². The molecule has 0 saturated heterocycles. The monoisotopic (exact) mass is 438 g/mol. The number of anilines is 1. The molecule has 1 N–H and O–H groups in total. The number of ether oxygens (including phenoxy) is 1. The fourth-order valence-electron chi connectivity index (χ4n) is 2.75. The van der Waals surface area contributed by atoms with Crippen LogP contribution in [0.1, 0.15) is 5.56 Å². The number of hydrogen-bond acceptors (Lipinski definition) is 6. The first-order chi connectivity index (χ1) is 13.6. The minimum Gasteiger partial charge on any atom is -0.467 e. The molecule has 7 nitrogen and oxygen atoms in total. The zero-order chi connectivity index (χ0) is 19.5. The summed E-state index contributed by atoms with van der Waals surface area (Å²) >= 11 is 3.40. The van der Waals surface area contributed by atoms with Gasteiger partial charge in [0, 0.05) is 15.7 Å². The Bertz CT molecular complexity index is 1140. The topological polar surface area (TPSA) is 90.1 Å². The van der Waals surface area contributed by atoms with Gasteiger partial charge >= 0.3 is 0 Å². The maximum absolute atomic E-state index is 12.3. The molecule has 1 amide bonds. The van der Waals surface area contributed by atoms with E-state index < -0.39 is 0 Å². The van der Waals surface area contributed by atoms with E-state index in [0.717, 1.165) is 21.3 Å². The third-order valence-corrected chi connectivity index (χ3v) is 4.58. The summed E-state index contributed by atoms with van der Waals surface area (Å²) in [5.41, 5.74) is 3.37. The van der Waals surface area contributed by atoms with Crippen LogP contribution in [-0.2, 0) is 4.79 Å². The van der Waals surface area contributed by atoms with Crippen LogP contribution in [0, 0.1) is 6.92 Å². The van der Waals surface area contributed by atoms with E-state index in [1.807, 2.05) is 55.5 Å². The van der Waals surface area contributed by atoms with E-state index in [-0.39, 0.29) is 18.4 Å². The molecule has 0 atom stereocenters. The molecule has 2 aromatic heterocycles. The number of carbonyl (C=O) groups is 1. The molecule has 4 aromatic rings. The quantitative estimate of drug-likeness (QED) is 0.497. The Morgan fingerprint density at radius 1 is 1.18 bits per heavy atom. The van der Waals surface area contributed by atoms with Crippen LogP contribution in [0.2, 0.25) is 0 Å². The lowest BCUT2D eigenvalue weighted by molar-refractivity contribution is -0.118. The predicted molar refractivity (Wildman–Crippen MR) is 108 cm³/mol. The fourth-order valence-corrected chi connectivity index (χ4v) is 3.23. The van der Waals surface area contributed by atoms with Gasteiger partial charge in [0.25, 0.3) is 11.6 Å². The van der Waals surface area contributed by atoms with Crippen molar-refractivity contribution in [2.24, 2.45) is 0 Å². The van der Waals surface area contributed by atoms with Crippen LogP contribution in [0.3, 0.4) is 0 Å². The van der Waals surface area contributed by atoms with Gasteiger partial charge in [0.1, 0.15) is 17.4 Å². The molecule has 8 heteroatoms. The van der Waals surface area contributed by atoms with Crippen molar-refractivity contribution in [2.75, 3.05) is 11.9 Å². The zero-order valence-corrected chi connectivity index (χ0v) is 16.4. The molecule has 2 aromatic carbocycles. The first-order valence-electron chi connectivity index (χ1n) is 8.46. The van der Waals surface area contributed by atoms with Gasteiger partial charge in [-0.15, -0.1) is 0 Å². The summed E-state index contributed by atoms with van der Waals surface area (Å²) in [5.74, 6) is -0.0531. The number of aryl methyl sites for hydroxylation is 1. The van der Waals surface area contributed by atoms with E-state index in [1.54, 1.807) is 0 Å². The lowest BCUT2D eigenvalue weighted by atomic mass is 10.1. The summed E-state index contributed by atoms with van der Waals surface area (Å²) in [6, 6.07) is 15.1. The van der Waals surface area contributed by atoms with E-state index in [0.29, 0.717) is 16.8 Å². The molecule has 0 fully saturated rings. The van der Waals surface area contributed by atoms with Crippen LogP contribution in [0.4, 0.5) is 5.69 Å². The third kappa shape index (κ3) is 3.72. The van der Waals surface area contributed by atoms with E-state index in [1.165, 1.54) is 6.33 Å². The highest BCUT2D eigenvalue weighted by atomic mass is 79.9. The van der Waals surface area contributed by atoms with Crippen molar-refractivity contribution in [1.82, 2.24) is 15.1 Å². The third-order valence-electron chi connectivity index (χ3n) is 4.09. The number of aromatic nitrogens is 3. The highest BCUT2D eigenvalue weighted by Crippen LogP contribution is 2.32. The van der Waals surface area contributed by atoms with Gasteiger partial charge in [0.15, 0.2) is 6.61 Å². The normalized spacial score (nSPS) is 10.8. The maximum Gasteiger partial charge on any atom is 0.265 e. The van der Waals surface area contributed by atoms with E-state index in [4.69, 9.17) is 9.26 Å². The second-order valence-electron chi connectivity index (χ2n) is 6.05. The van der Waals surface area contributed by atoms with Gasteiger partial charge in [-0.25, -0.2) is 4.98 Å². The van der Waals surface area contributed by atoms with Gasteiger partial charge in [-0.1, -0.05) is 51.4 Å². The SMILES string of the molecule is Cc1cc(Br)ccc1NC(=O)COc1ncnc2onc(-c3ccccc3)c12. The van der Waals surface area contributed by atoms with Crippen LogP contribution in [-0.4, -0.2) is 27.6 Å². The molecular weight excluding hydrogens is 424 g/mol. The number of fused-ring (bicyclic) bond motifs is 1. The van der Waals surface area contributed by atoms with Crippen LogP contribution in [0.25, 0.3) is 22.4 Å². The van der Waals surface area contributed by atoms with E-state index >= 15 is 0 Å². The Hall–Kier alpha value is -3.26. The summed E-state index contributed by atoms with van der Waals surface area (Å²) in [7, 11) is 0. The van der Waals surface area contributed by atoms with Gasteiger partial charge in [-0.05, 0) is 30.7 Å². The molecule has 0 aliphatic carbocycles. The fraction of sp³-hybridized carbons (Fsp3) is 0.100. The smallest absolute Gasteiger partial charge is 0.265 e. The molecule has 0 aliphatic heterocycles. The minimum absolute atomic E-state index is 0.207. The summed E-state index contributed by atoms with van der Waals surface area (Å²) in [4.78, 5) is 20.6. The number of hydrogen-bond donors (Lipinski definition) is 1. The Morgan fingerprint density at radius 3 is 2.79 bits per heavy atom. The number of amides is 1.